The molecule has 0 fully saturated rings. The van der Waals surface area contributed by atoms with E-state index in [4.69, 9.17) is 26.2 Å². The van der Waals surface area contributed by atoms with Crippen molar-refractivity contribution in [1.29, 1.82) is 5.41 Å². The first-order chi connectivity index (χ1) is 6.95. The standard InChI is InChI=1S/C7H8FN3.CH2O3/c8-11(7(9)10)6-4-2-1-3-5-6;2-1(3)4/h1-5H,(H3,9,10);(H2,2,3,4). The van der Waals surface area contributed by atoms with E-state index in [0.717, 1.165) is 0 Å². The van der Waals surface area contributed by atoms with E-state index < -0.39 is 12.1 Å². The fraction of sp³-hybridized carbons (Fsp3) is 0. The monoisotopic (exact) mass is 215 g/mol. The third kappa shape index (κ3) is 5.86. The lowest BCUT2D eigenvalue weighted by molar-refractivity contribution is 0.137. The average Bonchev–Trinajstić information content (AvgIpc) is 2.17. The van der Waals surface area contributed by atoms with Crippen LogP contribution in [-0.2, 0) is 0 Å². The van der Waals surface area contributed by atoms with Crippen LogP contribution in [0.2, 0.25) is 0 Å². The first kappa shape index (κ1) is 12.7. The van der Waals surface area contributed by atoms with Crippen molar-refractivity contribution >= 4 is 17.8 Å². The van der Waals surface area contributed by atoms with E-state index in [-0.39, 0.29) is 10.8 Å². The van der Waals surface area contributed by atoms with Crippen molar-refractivity contribution in [2.75, 3.05) is 5.12 Å². The zero-order valence-electron chi connectivity index (χ0n) is 7.59. The third-order valence-corrected chi connectivity index (χ3v) is 1.19. The fourth-order valence-electron chi connectivity index (χ4n) is 0.698. The Kier molecular flexibility index (Phi) is 5.24. The molecule has 7 heteroatoms. The normalized spacial score (nSPS) is 8.33. The molecule has 5 N–H and O–H groups in total. The lowest BCUT2D eigenvalue weighted by atomic mass is 10.3. The molecule has 0 unspecified atom stereocenters. The summed E-state index contributed by atoms with van der Waals surface area (Å²) < 4.78 is 12.7. The van der Waals surface area contributed by atoms with Crippen LogP contribution in [0.3, 0.4) is 0 Å². The number of hydrogen-bond acceptors (Lipinski definition) is 2. The number of anilines is 1. The molecule has 0 heterocycles. The molecule has 0 aliphatic carbocycles. The lowest BCUT2D eigenvalue weighted by Gasteiger charge is -2.09. The molecular weight excluding hydrogens is 205 g/mol. The number of guanidine groups is 1. The maximum absolute atomic E-state index is 12.7. The predicted octanol–water partition coefficient (Wildman–Crippen LogP) is 1.49. The van der Waals surface area contributed by atoms with E-state index in [0.29, 0.717) is 0 Å². The molecule has 0 amide bonds. The molecule has 0 radical (unpaired) electrons. The van der Waals surface area contributed by atoms with Gasteiger partial charge in [-0.25, -0.2) is 4.79 Å². The van der Waals surface area contributed by atoms with Crippen LogP contribution in [0.15, 0.2) is 30.3 Å². The number of rotatable bonds is 1. The highest BCUT2D eigenvalue weighted by Crippen LogP contribution is 2.11. The van der Waals surface area contributed by atoms with E-state index in [1.807, 2.05) is 0 Å². The van der Waals surface area contributed by atoms with Crippen molar-refractivity contribution < 1.29 is 19.5 Å². The minimum absolute atomic E-state index is 0.111. The van der Waals surface area contributed by atoms with Crippen molar-refractivity contribution in [1.82, 2.24) is 0 Å². The Hall–Kier alpha value is -2.31. The Morgan fingerprint density at radius 2 is 1.73 bits per heavy atom. The second kappa shape index (κ2) is 6.19. The Balaban J connectivity index is 0.000000423. The van der Waals surface area contributed by atoms with Crippen LogP contribution in [0.4, 0.5) is 15.0 Å². The average molecular weight is 215 g/mol. The molecule has 1 aromatic carbocycles. The Bertz CT molecular complexity index is 327. The highest BCUT2D eigenvalue weighted by Gasteiger charge is 2.05. The van der Waals surface area contributed by atoms with Crippen molar-refractivity contribution in [2.24, 2.45) is 5.73 Å². The van der Waals surface area contributed by atoms with Gasteiger partial charge in [-0.3, -0.25) is 5.41 Å². The molecular formula is C8H10FN3O3. The first-order valence-electron chi connectivity index (χ1n) is 3.72. The number of para-hydroxylation sites is 1. The van der Waals surface area contributed by atoms with E-state index >= 15 is 0 Å². The summed E-state index contributed by atoms with van der Waals surface area (Å²) in [5, 5.41) is 20.8. The number of benzene rings is 1. The number of nitrogens with one attached hydrogen (secondary N) is 1. The van der Waals surface area contributed by atoms with Gasteiger partial charge in [0.25, 0.3) is 0 Å². The number of nitrogens with zero attached hydrogens (tertiary/aromatic N) is 1. The summed E-state index contributed by atoms with van der Waals surface area (Å²) in [7, 11) is 0. The minimum atomic E-state index is -1.83. The van der Waals surface area contributed by atoms with Gasteiger partial charge in [-0.05, 0) is 12.1 Å². The Morgan fingerprint density at radius 3 is 2.07 bits per heavy atom. The number of carboxylic acid groups (broad SMARTS) is 2. The van der Waals surface area contributed by atoms with Gasteiger partial charge in [0.05, 0.1) is 5.69 Å². The van der Waals surface area contributed by atoms with Gasteiger partial charge in [-0.1, -0.05) is 22.7 Å². The highest BCUT2D eigenvalue weighted by atomic mass is 19.2. The molecule has 0 atom stereocenters. The van der Waals surface area contributed by atoms with E-state index in [9.17, 15) is 4.48 Å². The van der Waals surface area contributed by atoms with Gasteiger partial charge < -0.3 is 15.9 Å². The lowest BCUT2D eigenvalue weighted by Crippen LogP contribution is -2.28. The minimum Gasteiger partial charge on any atom is -0.450 e. The molecule has 0 aliphatic heterocycles. The van der Waals surface area contributed by atoms with Crippen molar-refractivity contribution in [2.45, 2.75) is 0 Å². The van der Waals surface area contributed by atoms with Crippen molar-refractivity contribution in [3.05, 3.63) is 30.3 Å². The van der Waals surface area contributed by atoms with E-state index in [1.54, 1.807) is 18.2 Å². The zero-order valence-corrected chi connectivity index (χ0v) is 7.59. The number of nitrogens with two attached hydrogens (primary N) is 1. The van der Waals surface area contributed by atoms with Crippen LogP contribution in [-0.4, -0.2) is 22.3 Å². The SMILES string of the molecule is N=C(N)N(F)c1ccccc1.O=C(O)O. The summed E-state index contributed by atoms with van der Waals surface area (Å²) in [6.45, 7) is 0. The maximum Gasteiger partial charge on any atom is 0.503 e. The van der Waals surface area contributed by atoms with Gasteiger partial charge in [0.1, 0.15) is 0 Å². The smallest absolute Gasteiger partial charge is 0.450 e. The summed E-state index contributed by atoms with van der Waals surface area (Å²) in [5.41, 5.74) is 5.17. The van der Waals surface area contributed by atoms with Crippen LogP contribution in [0.1, 0.15) is 0 Å². The molecule has 0 aliphatic rings. The van der Waals surface area contributed by atoms with Gasteiger partial charge in [0.15, 0.2) is 0 Å². The third-order valence-electron chi connectivity index (χ3n) is 1.19. The van der Waals surface area contributed by atoms with E-state index in [1.165, 1.54) is 12.1 Å². The van der Waals surface area contributed by atoms with Gasteiger partial charge in [0, 0.05) is 0 Å². The predicted molar refractivity (Wildman–Crippen MR) is 52.6 cm³/mol. The summed E-state index contributed by atoms with van der Waals surface area (Å²) in [6, 6.07) is 8.16. The molecule has 0 bridgehead atoms. The highest BCUT2D eigenvalue weighted by molar-refractivity contribution is 5.89. The largest absolute Gasteiger partial charge is 0.503 e. The zero-order chi connectivity index (χ0) is 11.8. The summed E-state index contributed by atoms with van der Waals surface area (Å²) in [5.74, 6) is -0.615. The van der Waals surface area contributed by atoms with Gasteiger partial charge >= 0.3 is 6.16 Å². The molecule has 0 aromatic heterocycles. The second-order valence-electron chi connectivity index (χ2n) is 2.28. The molecule has 0 saturated carbocycles. The van der Waals surface area contributed by atoms with E-state index in [2.05, 4.69) is 0 Å². The molecule has 6 nitrogen and oxygen atoms in total. The molecule has 82 valence electrons. The first-order valence-corrected chi connectivity index (χ1v) is 3.72. The summed E-state index contributed by atoms with van der Waals surface area (Å²) >= 11 is 0. The topological polar surface area (TPSA) is 111 Å². The Morgan fingerprint density at radius 1 is 1.33 bits per heavy atom. The molecule has 0 spiro atoms. The quantitative estimate of drug-likeness (QED) is 0.322. The van der Waals surface area contributed by atoms with Crippen LogP contribution in [0, 0.1) is 5.41 Å². The molecule has 1 rings (SSSR count). The van der Waals surface area contributed by atoms with Crippen molar-refractivity contribution in [3.8, 4) is 0 Å². The summed E-state index contributed by atoms with van der Waals surface area (Å²) in [4.78, 5) is 8.56. The van der Waals surface area contributed by atoms with Crippen LogP contribution >= 0.6 is 0 Å². The van der Waals surface area contributed by atoms with Crippen LogP contribution < -0.4 is 10.9 Å². The number of carbonyl (C=O) groups is 1. The van der Waals surface area contributed by atoms with Gasteiger partial charge in [-0.15, -0.1) is 5.12 Å². The number of hydrogen-bond donors (Lipinski definition) is 4. The summed E-state index contributed by atoms with van der Waals surface area (Å²) in [6.07, 6.45) is -1.83. The molecule has 1 aromatic rings. The molecule has 15 heavy (non-hydrogen) atoms. The second-order valence-corrected chi connectivity index (χ2v) is 2.28. The fourth-order valence-corrected chi connectivity index (χ4v) is 0.698. The van der Waals surface area contributed by atoms with Gasteiger partial charge in [-0.2, -0.15) is 0 Å². The molecule has 0 saturated heterocycles. The van der Waals surface area contributed by atoms with Gasteiger partial charge in [0.2, 0.25) is 5.96 Å². The Labute approximate surface area is 84.8 Å². The van der Waals surface area contributed by atoms with Crippen molar-refractivity contribution in [3.63, 3.8) is 0 Å². The maximum atomic E-state index is 12.7. The van der Waals surface area contributed by atoms with Crippen LogP contribution in [0.25, 0.3) is 0 Å². The number of halogens is 1. The van der Waals surface area contributed by atoms with Crippen LogP contribution in [0.5, 0.6) is 0 Å².